The van der Waals surface area contributed by atoms with Crippen molar-refractivity contribution in [2.24, 2.45) is 18.0 Å². The Balaban J connectivity index is 0.00000361. The maximum Gasteiger partial charge on any atom is 0.191 e. The van der Waals surface area contributed by atoms with Gasteiger partial charge >= 0.3 is 0 Å². The number of nitrogens with zero attached hydrogens (tertiary/aromatic N) is 3. The van der Waals surface area contributed by atoms with Crippen LogP contribution in [0.5, 0.6) is 0 Å². The second kappa shape index (κ2) is 10.0. The van der Waals surface area contributed by atoms with Crippen LogP contribution in [-0.2, 0) is 13.5 Å². The first-order valence-electron chi connectivity index (χ1n) is 7.05. The Morgan fingerprint density at radius 2 is 2.10 bits per heavy atom. The van der Waals surface area contributed by atoms with Gasteiger partial charge in [0, 0.05) is 32.4 Å². The Morgan fingerprint density at radius 3 is 2.60 bits per heavy atom. The van der Waals surface area contributed by atoms with Gasteiger partial charge in [-0.15, -0.1) is 24.0 Å². The van der Waals surface area contributed by atoms with Gasteiger partial charge in [0.05, 0.1) is 6.20 Å². The summed E-state index contributed by atoms with van der Waals surface area (Å²) in [5.74, 6) is 1.48. The zero-order valence-corrected chi connectivity index (χ0v) is 15.5. The highest BCUT2D eigenvalue weighted by Crippen LogP contribution is 2.00. The molecule has 116 valence electrons. The van der Waals surface area contributed by atoms with Gasteiger partial charge in [0.25, 0.3) is 0 Å². The SMILES string of the molecule is CCNC(=NCCc1cnn(C)c1)NC(C)C(C)C.I. The van der Waals surface area contributed by atoms with Crippen molar-refractivity contribution >= 4 is 29.9 Å². The van der Waals surface area contributed by atoms with Crippen LogP contribution in [-0.4, -0.2) is 34.9 Å². The molecule has 1 unspecified atom stereocenters. The van der Waals surface area contributed by atoms with Crippen LogP contribution in [0.25, 0.3) is 0 Å². The molecule has 1 atom stereocenters. The molecule has 0 fully saturated rings. The molecule has 1 heterocycles. The lowest BCUT2D eigenvalue weighted by atomic mass is 10.1. The minimum absolute atomic E-state index is 0. The van der Waals surface area contributed by atoms with Crippen molar-refractivity contribution in [3.05, 3.63) is 18.0 Å². The van der Waals surface area contributed by atoms with E-state index in [2.05, 4.69) is 48.4 Å². The lowest BCUT2D eigenvalue weighted by Crippen LogP contribution is -2.44. The third-order valence-electron chi connectivity index (χ3n) is 3.14. The maximum atomic E-state index is 4.60. The Kier molecular flexibility index (Phi) is 9.62. The van der Waals surface area contributed by atoms with Crippen molar-refractivity contribution < 1.29 is 0 Å². The van der Waals surface area contributed by atoms with E-state index in [4.69, 9.17) is 0 Å². The summed E-state index contributed by atoms with van der Waals surface area (Å²) in [7, 11) is 1.93. The van der Waals surface area contributed by atoms with E-state index in [-0.39, 0.29) is 24.0 Å². The van der Waals surface area contributed by atoms with Gasteiger partial charge in [-0.3, -0.25) is 9.67 Å². The molecule has 0 bridgehead atoms. The van der Waals surface area contributed by atoms with E-state index in [9.17, 15) is 0 Å². The largest absolute Gasteiger partial charge is 0.357 e. The lowest BCUT2D eigenvalue weighted by molar-refractivity contribution is 0.481. The summed E-state index contributed by atoms with van der Waals surface area (Å²) in [6, 6.07) is 0.413. The zero-order chi connectivity index (χ0) is 14.3. The molecule has 0 amide bonds. The smallest absolute Gasteiger partial charge is 0.191 e. The minimum atomic E-state index is 0. The van der Waals surface area contributed by atoms with Crippen molar-refractivity contribution in [3.63, 3.8) is 0 Å². The fourth-order valence-electron chi connectivity index (χ4n) is 1.60. The van der Waals surface area contributed by atoms with Crippen LogP contribution >= 0.6 is 24.0 Å². The molecule has 0 aliphatic carbocycles. The molecule has 20 heavy (non-hydrogen) atoms. The van der Waals surface area contributed by atoms with Crippen molar-refractivity contribution in [1.82, 2.24) is 20.4 Å². The Bertz CT molecular complexity index is 400. The van der Waals surface area contributed by atoms with Crippen LogP contribution in [0, 0.1) is 5.92 Å². The van der Waals surface area contributed by atoms with Crippen LogP contribution in [0.4, 0.5) is 0 Å². The second-order valence-electron chi connectivity index (χ2n) is 5.21. The summed E-state index contributed by atoms with van der Waals surface area (Å²) < 4.78 is 1.82. The molecule has 0 saturated carbocycles. The summed E-state index contributed by atoms with van der Waals surface area (Å²) >= 11 is 0. The van der Waals surface area contributed by atoms with Crippen LogP contribution in [0.15, 0.2) is 17.4 Å². The van der Waals surface area contributed by atoms with Crippen molar-refractivity contribution in [1.29, 1.82) is 0 Å². The first-order chi connectivity index (χ1) is 9.02. The molecule has 0 spiro atoms. The fraction of sp³-hybridized carbons (Fsp3) is 0.714. The molecule has 5 nitrogen and oxygen atoms in total. The topological polar surface area (TPSA) is 54.2 Å². The van der Waals surface area contributed by atoms with Gasteiger partial charge in [-0.2, -0.15) is 5.10 Å². The Morgan fingerprint density at radius 1 is 1.40 bits per heavy atom. The number of nitrogens with one attached hydrogen (secondary N) is 2. The molecule has 0 aliphatic rings. The van der Waals surface area contributed by atoms with E-state index >= 15 is 0 Å². The number of aryl methyl sites for hydroxylation is 1. The Labute approximate surface area is 139 Å². The molecule has 1 aromatic heterocycles. The molecule has 0 saturated heterocycles. The summed E-state index contributed by atoms with van der Waals surface area (Å²) in [4.78, 5) is 4.60. The van der Waals surface area contributed by atoms with E-state index in [0.29, 0.717) is 12.0 Å². The summed E-state index contributed by atoms with van der Waals surface area (Å²) in [6.45, 7) is 10.3. The monoisotopic (exact) mass is 393 g/mol. The average Bonchev–Trinajstić information content (AvgIpc) is 2.75. The van der Waals surface area contributed by atoms with Gasteiger partial charge < -0.3 is 10.6 Å². The average molecular weight is 393 g/mol. The van der Waals surface area contributed by atoms with Gasteiger partial charge in [-0.1, -0.05) is 13.8 Å². The summed E-state index contributed by atoms with van der Waals surface area (Å²) in [6.07, 6.45) is 4.85. The zero-order valence-electron chi connectivity index (χ0n) is 13.2. The molecule has 2 N–H and O–H groups in total. The summed E-state index contributed by atoms with van der Waals surface area (Å²) in [5, 5.41) is 10.9. The fourth-order valence-corrected chi connectivity index (χ4v) is 1.60. The first kappa shape index (κ1) is 19.2. The molecule has 0 aromatic carbocycles. The number of halogens is 1. The van der Waals surface area contributed by atoms with Crippen LogP contribution in [0.2, 0.25) is 0 Å². The number of hydrogen-bond acceptors (Lipinski definition) is 2. The van der Waals surface area contributed by atoms with Gasteiger partial charge in [0.2, 0.25) is 0 Å². The minimum Gasteiger partial charge on any atom is -0.357 e. The molecular weight excluding hydrogens is 365 g/mol. The summed E-state index contributed by atoms with van der Waals surface area (Å²) in [5.41, 5.74) is 1.22. The molecule has 0 radical (unpaired) electrons. The number of guanidine groups is 1. The third-order valence-corrected chi connectivity index (χ3v) is 3.14. The van der Waals surface area contributed by atoms with Crippen molar-refractivity contribution in [3.8, 4) is 0 Å². The van der Waals surface area contributed by atoms with Crippen LogP contribution < -0.4 is 10.6 Å². The molecule has 0 aliphatic heterocycles. The van der Waals surface area contributed by atoms with Crippen LogP contribution in [0.3, 0.4) is 0 Å². The van der Waals surface area contributed by atoms with E-state index < -0.39 is 0 Å². The number of hydrogen-bond donors (Lipinski definition) is 2. The van der Waals surface area contributed by atoms with E-state index in [0.717, 1.165) is 25.5 Å². The number of rotatable bonds is 6. The predicted molar refractivity (Wildman–Crippen MR) is 95.7 cm³/mol. The molecule has 1 aromatic rings. The standard InChI is InChI=1S/C14H27N5.HI/c1-6-15-14(18-12(4)11(2)3)16-8-7-13-9-17-19(5)10-13;/h9-12H,6-8H2,1-5H3,(H2,15,16,18);1H. The van der Waals surface area contributed by atoms with Gasteiger partial charge in [-0.05, 0) is 31.7 Å². The van der Waals surface area contributed by atoms with E-state index in [1.807, 2.05) is 24.1 Å². The highest BCUT2D eigenvalue weighted by Gasteiger charge is 2.08. The Hall–Kier alpha value is -0.790. The van der Waals surface area contributed by atoms with Gasteiger partial charge in [0.15, 0.2) is 5.96 Å². The van der Waals surface area contributed by atoms with Gasteiger partial charge in [0.1, 0.15) is 0 Å². The number of aromatic nitrogens is 2. The van der Waals surface area contributed by atoms with E-state index in [1.54, 1.807) is 0 Å². The first-order valence-corrected chi connectivity index (χ1v) is 7.05. The third kappa shape index (κ3) is 7.12. The lowest BCUT2D eigenvalue weighted by Gasteiger charge is -2.20. The highest BCUT2D eigenvalue weighted by molar-refractivity contribution is 14.0. The maximum absolute atomic E-state index is 4.60. The molecule has 1 rings (SSSR count). The second-order valence-corrected chi connectivity index (χ2v) is 5.21. The number of aliphatic imine (C=N–C) groups is 1. The van der Waals surface area contributed by atoms with Gasteiger partial charge in [-0.25, -0.2) is 0 Å². The highest BCUT2D eigenvalue weighted by atomic mass is 127. The normalized spacial score (nSPS) is 13.0. The predicted octanol–water partition coefficient (Wildman–Crippen LogP) is 2.18. The van der Waals surface area contributed by atoms with Crippen LogP contribution in [0.1, 0.15) is 33.3 Å². The molecular formula is C14H28IN5. The van der Waals surface area contributed by atoms with Crippen molar-refractivity contribution in [2.45, 2.75) is 40.2 Å². The quantitative estimate of drug-likeness (QED) is 0.443. The molecule has 6 heteroatoms. The van der Waals surface area contributed by atoms with Crippen molar-refractivity contribution in [2.75, 3.05) is 13.1 Å². The van der Waals surface area contributed by atoms with E-state index in [1.165, 1.54) is 5.56 Å².